The van der Waals surface area contributed by atoms with Crippen molar-refractivity contribution in [2.45, 2.75) is 20.0 Å². The van der Waals surface area contributed by atoms with Crippen molar-refractivity contribution in [1.82, 2.24) is 4.90 Å². The van der Waals surface area contributed by atoms with E-state index in [0.29, 0.717) is 0 Å². The number of ether oxygens (including phenoxy) is 1. The van der Waals surface area contributed by atoms with Crippen LogP contribution in [0.15, 0.2) is 42.5 Å². The first-order valence-corrected chi connectivity index (χ1v) is 6.75. The fourth-order valence-corrected chi connectivity index (χ4v) is 2.30. The molecule has 0 aliphatic carbocycles. The highest BCUT2D eigenvalue weighted by atomic mass is 16.5. The van der Waals surface area contributed by atoms with Gasteiger partial charge in [0.05, 0.1) is 7.11 Å². The van der Waals surface area contributed by atoms with Crippen molar-refractivity contribution >= 4 is 5.69 Å². The van der Waals surface area contributed by atoms with E-state index >= 15 is 0 Å². The Morgan fingerprint density at radius 3 is 2.65 bits per heavy atom. The summed E-state index contributed by atoms with van der Waals surface area (Å²) in [7, 11) is 3.79. The third-order valence-electron chi connectivity index (χ3n) is 3.33. The third-order valence-corrected chi connectivity index (χ3v) is 3.33. The number of nitrogens with zero attached hydrogens (tertiary/aromatic N) is 1. The second-order valence-corrected chi connectivity index (χ2v) is 5.23. The Kier molecular flexibility index (Phi) is 4.64. The Morgan fingerprint density at radius 2 is 1.90 bits per heavy atom. The van der Waals surface area contributed by atoms with Crippen molar-refractivity contribution < 1.29 is 4.74 Å². The van der Waals surface area contributed by atoms with Crippen molar-refractivity contribution in [2.24, 2.45) is 0 Å². The van der Waals surface area contributed by atoms with E-state index in [9.17, 15) is 0 Å². The van der Waals surface area contributed by atoms with E-state index in [-0.39, 0.29) is 0 Å². The van der Waals surface area contributed by atoms with Crippen LogP contribution in [0.2, 0.25) is 0 Å². The first-order chi connectivity index (χ1) is 9.58. The first kappa shape index (κ1) is 14.4. The lowest BCUT2D eigenvalue weighted by molar-refractivity contribution is 0.318. The maximum absolute atomic E-state index is 6.03. The number of aryl methyl sites for hydroxylation is 1. The number of nitrogens with two attached hydrogens (primary N) is 1. The molecule has 2 rings (SSSR count). The molecule has 0 aliphatic heterocycles. The van der Waals surface area contributed by atoms with Crippen LogP contribution in [0.4, 0.5) is 5.69 Å². The van der Waals surface area contributed by atoms with Crippen molar-refractivity contribution in [3.8, 4) is 5.75 Å². The molecule has 3 heteroatoms. The van der Waals surface area contributed by atoms with Crippen molar-refractivity contribution in [3.05, 3.63) is 59.2 Å². The molecule has 2 N–H and O–H groups in total. The van der Waals surface area contributed by atoms with Crippen LogP contribution >= 0.6 is 0 Å². The molecular weight excluding hydrogens is 248 g/mol. The Bertz CT molecular complexity index is 581. The maximum atomic E-state index is 6.03. The van der Waals surface area contributed by atoms with Gasteiger partial charge >= 0.3 is 0 Å². The van der Waals surface area contributed by atoms with Crippen molar-refractivity contribution in [1.29, 1.82) is 0 Å². The lowest BCUT2D eigenvalue weighted by Crippen LogP contribution is -2.18. The number of methoxy groups -OCH3 is 1. The molecule has 0 unspecified atom stereocenters. The van der Waals surface area contributed by atoms with E-state index in [2.05, 4.69) is 37.1 Å². The average molecular weight is 270 g/mol. The van der Waals surface area contributed by atoms with E-state index < -0.39 is 0 Å². The highest BCUT2D eigenvalue weighted by Crippen LogP contribution is 2.18. The predicted octanol–water partition coefficient (Wildman–Crippen LogP) is 3.22. The third kappa shape index (κ3) is 3.75. The molecule has 0 heterocycles. The SMILES string of the molecule is COc1cccc(CN(C)Cc2cc(C)ccc2N)c1. The van der Waals surface area contributed by atoms with Crippen LogP contribution in [-0.2, 0) is 13.1 Å². The van der Waals surface area contributed by atoms with Crippen LogP contribution in [0.1, 0.15) is 16.7 Å². The minimum absolute atomic E-state index is 0.838. The summed E-state index contributed by atoms with van der Waals surface area (Å²) in [4.78, 5) is 2.25. The van der Waals surface area contributed by atoms with Gasteiger partial charge in [0, 0.05) is 18.8 Å². The molecule has 0 atom stereocenters. The van der Waals surface area contributed by atoms with Crippen molar-refractivity contribution in [2.75, 3.05) is 19.9 Å². The molecule has 0 spiro atoms. The zero-order valence-electron chi connectivity index (χ0n) is 12.4. The van der Waals surface area contributed by atoms with Gasteiger partial charge in [-0.25, -0.2) is 0 Å². The molecule has 0 fully saturated rings. The highest BCUT2D eigenvalue weighted by Gasteiger charge is 2.06. The summed E-state index contributed by atoms with van der Waals surface area (Å²) in [6.45, 7) is 3.79. The fraction of sp³-hybridized carbons (Fsp3) is 0.294. The zero-order chi connectivity index (χ0) is 14.5. The number of benzene rings is 2. The lowest BCUT2D eigenvalue weighted by atomic mass is 10.1. The monoisotopic (exact) mass is 270 g/mol. The molecule has 0 bridgehead atoms. The number of rotatable bonds is 5. The first-order valence-electron chi connectivity index (χ1n) is 6.75. The summed E-state index contributed by atoms with van der Waals surface area (Å²) < 4.78 is 5.25. The van der Waals surface area contributed by atoms with E-state index in [1.54, 1.807) is 7.11 Å². The topological polar surface area (TPSA) is 38.5 Å². The standard InChI is InChI=1S/C17H22N2O/c1-13-7-8-17(18)15(9-13)12-19(2)11-14-5-4-6-16(10-14)20-3/h4-10H,11-12,18H2,1-3H3. The molecule has 0 amide bonds. The summed E-state index contributed by atoms with van der Waals surface area (Å²) in [6, 6.07) is 14.3. The molecule has 0 saturated carbocycles. The van der Waals surface area contributed by atoms with Crippen LogP contribution in [0.25, 0.3) is 0 Å². The smallest absolute Gasteiger partial charge is 0.119 e. The summed E-state index contributed by atoms with van der Waals surface area (Å²) >= 11 is 0. The van der Waals surface area contributed by atoms with Crippen LogP contribution in [0, 0.1) is 6.92 Å². The van der Waals surface area contributed by atoms with Gasteiger partial charge in [-0.2, -0.15) is 0 Å². The van der Waals surface area contributed by atoms with E-state index in [1.807, 2.05) is 24.3 Å². The molecule has 20 heavy (non-hydrogen) atoms. The molecule has 3 nitrogen and oxygen atoms in total. The van der Waals surface area contributed by atoms with Gasteiger partial charge in [-0.3, -0.25) is 4.90 Å². The lowest BCUT2D eigenvalue weighted by Gasteiger charge is -2.18. The van der Waals surface area contributed by atoms with E-state index in [4.69, 9.17) is 10.5 Å². The normalized spacial score (nSPS) is 10.8. The van der Waals surface area contributed by atoms with Gasteiger partial charge in [-0.15, -0.1) is 0 Å². The summed E-state index contributed by atoms with van der Waals surface area (Å²) in [6.07, 6.45) is 0. The highest BCUT2D eigenvalue weighted by molar-refractivity contribution is 5.48. The molecule has 106 valence electrons. The van der Waals surface area contributed by atoms with Crippen LogP contribution in [-0.4, -0.2) is 19.1 Å². The Labute approximate surface area is 121 Å². The van der Waals surface area contributed by atoms with Gasteiger partial charge in [0.15, 0.2) is 0 Å². The predicted molar refractivity (Wildman–Crippen MR) is 83.8 cm³/mol. The number of anilines is 1. The second-order valence-electron chi connectivity index (χ2n) is 5.23. The van der Waals surface area contributed by atoms with Gasteiger partial charge < -0.3 is 10.5 Å². The van der Waals surface area contributed by atoms with Crippen LogP contribution in [0.5, 0.6) is 5.75 Å². The van der Waals surface area contributed by atoms with Gasteiger partial charge in [0.25, 0.3) is 0 Å². The van der Waals surface area contributed by atoms with Crippen LogP contribution in [0.3, 0.4) is 0 Å². The van der Waals surface area contributed by atoms with Crippen LogP contribution < -0.4 is 10.5 Å². The van der Waals surface area contributed by atoms with E-state index in [0.717, 1.165) is 24.5 Å². The number of nitrogen functional groups attached to an aromatic ring is 1. The molecule has 0 saturated heterocycles. The minimum Gasteiger partial charge on any atom is -0.497 e. The number of hydrogen-bond acceptors (Lipinski definition) is 3. The van der Waals surface area contributed by atoms with Crippen molar-refractivity contribution in [3.63, 3.8) is 0 Å². The largest absolute Gasteiger partial charge is 0.497 e. The molecular formula is C17H22N2O. The zero-order valence-corrected chi connectivity index (χ0v) is 12.4. The molecule has 2 aromatic rings. The Hall–Kier alpha value is -2.00. The van der Waals surface area contributed by atoms with E-state index in [1.165, 1.54) is 16.7 Å². The van der Waals surface area contributed by atoms with Gasteiger partial charge in [0.2, 0.25) is 0 Å². The van der Waals surface area contributed by atoms with Gasteiger partial charge in [-0.1, -0.05) is 29.8 Å². The molecule has 0 aliphatic rings. The quantitative estimate of drug-likeness (QED) is 0.848. The second kappa shape index (κ2) is 6.44. The molecule has 0 aromatic heterocycles. The summed E-state index contributed by atoms with van der Waals surface area (Å²) in [5.41, 5.74) is 10.5. The average Bonchev–Trinajstić information content (AvgIpc) is 2.43. The fourth-order valence-electron chi connectivity index (χ4n) is 2.30. The van der Waals surface area contributed by atoms with Gasteiger partial charge in [0.1, 0.15) is 5.75 Å². The summed E-state index contributed by atoms with van der Waals surface area (Å²) in [5, 5.41) is 0. The van der Waals surface area contributed by atoms with Gasteiger partial charge in [-0.05, 0) is 43.3 Å². The Balaban J connectivity index is 2.04. The Morgan fingerprint density at radius 1 is 1.10 bits per heavy atom. The molecule has 2 aromatic carbocycles. The summed E-state index contributed by atoms with van der Waals surface area (Å²) in [5.74, 6) is 0.894. The molecule has 0 radical (unpaired) electrons. The maximum Gasteiger partial charge on any atom is 0.119 e. The number of hydrogen-bond donors (Lipinski definition) is 1. The minimum atomic E-state index is 0.838.